The van der Waals surface area contributed by atoms with E-state index in [4.69, 9.17) is 0 Å². The number of anilines is 1. The summed E-state index contributed by atoms with van der Waals surface area (Å²) < 4.78 is 17.4. The molecule has 0 unspecified atom stereocenters. The molecule has 2 aromatic carbocycles. The SMILES string of the molecule is COC(=O)c1ccc(NC(=O)C(=O)NCCc2ccc(F)cc2)cc1. The Labute approximate surface area is 144 Å². The van der Waals surface area contributed by atoms with Gasteiger partial charge >= 0.3 is 17.8 Å². The predicted molar refractivity (Wildman–Crippen MR) is 89.5 cm³/mol. The van der Waals surface area contributed by atoms with E-state index in [2.05, 4.69) is 15.4 Å². The number of nitrogens with one attached hydrogen (secondary N) is 2. The van der Waals surface area contributed by atoms with Crippen molar-refractivity contribution in [3.8, 4) is 0 Å². The number of carbonyl (C=O) groups is 3. The van der Waals surface area contributed by atoms with E-state index >= 15 is 0 Å². The number of amides is 2. The summed E-state index contributed by atoms with van der Waals surface area (Å²) in [6, 6.07) is 11.9. The van der Waals surface area contributed by atoms with Crippen molar-refractivity contribution in [3.63, 3.8) is 0 Å². The van der Waals surface area contributed by atoms with Gasteiger partial charge in [-0.25, -0.2) is 9.18 Å². The van der Waals surface area contributed by atoms with E-state index in [1.165, 1.54) is 43.5 Å². The summed E-state index contributed by atoms with van der Waals surface area (Å²) in [6.07, 6.45) is 0.479. The molecule has 0 radical (unpaired) electrons. The highest BCUT2D eigenvalue weighted by molar-refractivity contribution is 6.39. The molecule has 0 saturated heterocycles. The van der Waals surface area contributed by atoms with E-state index in [-0.39, 0.29) is 12.4 Å². The lowest BCUT2D eigenvalue weighted by molar-refractivity contribution is -0.136. The van der Waals surface area contributed by atoms with Crippen LogP contribution < -0.4 is 10.6 Å². The van der Waals surface area contributed by atoms with Crippen molar-refractivity contribution >= 4 is 23.5 Å². The maximum atomic E-state index is 12.8. The molecule has 2 N–H and O–H groups in total. The molecule has 0 aromatic heterocycles. The second-order valence-corrected chi connectivity index (χ2v) is 5.16. The minimum Gasteiger partial charge on any atom is -0.465 e. The third-order valence-electron chi connectivity index (χ3n) is 3.38. The summed E-state index contributed by atoms with van der Waals surface area (Å²) in [5, 5.41) is 4.91. The van der Waals surface area contributed by atoms with E-state index in [0.29, 0.717) is 17.7 Å². The van der Waals surface area contributed by atoms with E-state index in [0.717, 1.165) is 5.56 Å². The van der Waals surface area contributed by atoms with Gasteiger partial charge < -0.3 is 15.4 Å². The Morgan fingerprint density at radius 2 is 1.60 bits per heavy atom. The van der Waals surface area contributed by atoms with Crippen LogP contribution in [0.15, 0.2) is 48.5 Å². The van der Waals surface area contributed by atoms with Gasteiger partial charge in [-0.3, -0.25) is 9.59 Å². The maximum absolute atomic E-state index is 12.8. The zero-order chi connectivity index (χ0) is 18.2. The number of ether oxygens (including phenoxy) is 1. The second kappa shape index (κ2) is 8.58. The predicted octanol–water partition coefficient (Wildman–Crippen LogP) is 1.91. The molecular formula is C18H17FN2O4. The Bertz CT molecular complexity index is 758. The van der Waals surface area contributed by atoms with Crippen LogP contribution in [0.5, 0.6) is 0 Å². The Kier molecular flexibility index (Phi) is 6.22. The van der Waals surface area contributed by atoms with Crippen LogP contribution >= 0.6 is 0 Å². The number of carbonyl (C=O) groups excluding carboxylic acids is 3. The van der Waals surface area contributed by atoms with Gasteiger partial charge in [0, 0.05) is 12.2 Å². The largest absolute Gasteiger partial charge is 0.465 e. The van der Waals surface area contributed by atoms with Crippen molar-refractivity contribution in [3.05, 3.63) is 65.5 Å². The molecule has 0 saturated carbocycles. The number of methoxy groups -OCH3 is 1. The summed E-state index contributed by atoms with van der Waals surface area (Å²) in [5.41, 5.74) is 1.57. The minimum absolute atomic E-state index is 0.249. The van der Waals surface area contributed by atoms with Gasteiger partial charge in [0.05, 0.1) is 12.7 Å². The molecule has 0 aliphatic heterocycles. The topological polar surface area (TPSA) is 84.5 Å². The highest BCUT2D eigenvalue weighted by atomic mass is 19.1. The zero-order valence-corrected chi connectivity index (χ0v) is 13.5. The highest BCUT2D eigenvalue weighted by Crippen LogP contribution is 2.10. The summed E-state index contributed by atoms with van der Waals surface area (Å²) in [7, 11) is 1.27. The van der Waals surface area contributed by atoms with Crippen LogP contribution in [0.1, 0.15) is 15.9 Å². The quantitative estimate of drug-likeness (QED) is 0.641. The van der Waals surface area contributed by atoms with Crippen LogP contribution in [-0.4, -0.2) is 31.4 Å². The van der Waals surface area contributed by atoms with Crippen molar-refractivity contribution in [2.24, 2.45) is 0 Å². The standard InChI is InChI=1S/C18H17FN2O4/c1-25-18(24)13-4-8-15(9-5-13)21-17(23)16(22)20-11-10-12-2-6-14(19)7-3-12/h2-9H,10-11H2,1H3,(H,20,22)(H,21,23). The van der Waals surface area contributed by atoms with Crippen LogP contribution in [0, 0.1) is 5.82 Å². The fraction of sp³-hybridized carbons (Fsp3) is 0.167. The number of esters is 1. The van der Waals surface area contributed by atoms with Crippen LogP contribution in [0.3, 0.4) is 0 Å². The van der Waals surface area contributed by atoms with E-state index in [9.17, 15) is 18.8 Å². The van der Waals surface area contributed by atoms with Crippen LogP contribution in [-0.2, 0) is 20.7 Å². The monoisotopic (exact) mass is 344 g/mol. The lowest BCUT2D eigenvalue weighted by atomic mass is 10.1. The maximum Gasteiger partial charge on any atom is 0.337 e. The smallest absolute Gasteiger partial charge is 0.337 e. The molecule has 0 fully saturated rings. The third-order valence-corrected chi connectivity index (χ3v) is 3.38. The normalized spacial score (nSPS) is 10.0. The lowest BCUT2D eigenvalue weighted by Crippen LogP contribution is -2.36. The minimum atomic E-state index is -0.815. The molecule has 0 aliphatic rings. The Morgan fingerprint density at radius 3 is 2.20 bits per heavy atom. The Morgan fingerprint density at radius 1 is 0.960 bits per heavy atom. The van der Waals surface area contributed by atoms with Gasteiger partial charge in [0.2, 0.25) is 0 Å². The molecule has 25 heavy (non-hydrogen) atoms. The summed E-state index contributed by atoms with van der Waals surface area (Å²) in [4.78, 5) is 34.9. The van der Waals surface area contributed by atoms with Crippen molar-refractivity contribution in [1.29, 1.82) is 0 Å². The Balaban J connectivity index is 1.80. The van der Waals surface area contributed by atoms with Gasteiger partial charge in [-0.05, 0) is 48.4 Å². The molecular weight excluding hydrogens is 327 g/mol. The van der Waals surface area contributed by atoms with E-state index in [1.54, 1.807) is 12.1 Å². The number of hydrogen-bond acceptors (Lipinski definition) is 4. The Hall–Kier alpha value is -3.22. The molecule has 0 aliphatic carbocycles. The van der Waals surface area contributed by atoms with Gasteiger partial charge in [0.25, 0.3) is 0 Å². The molecule has 0 spiro atoms. The molecule has 6 nitrogen and oxygen atoms in total. The van der Waals surface area contributed by atoms with E-state index in [1.807, 2.05) is 0 Å². The van der Waals surface area contributed by atoms with Gasteiger partial charge in [-0.15, -0.1) is 0 Å². The van der Waals surface area contributed by atoms with E-state index < -0.39 is 17.8 Å². The summed E-state index contributed by atoms with van der Waals surface area (Å²) in [6.45, 7) is 0.249. The first-order chi connectivity index (χ1) is 12.0. The van der Waals surface area contributed by atoms with Gasteiger partial charge in [-0.1, -0.05) is 12.1 Å². The average Bonchev–Trinajstić information content (AvgIpc) is 2.63. The zero-order valence-electron chi connectivity index (χ0n) is 13.5. The number of benzene rings is 2. The first-order valence-electron chi connectivity index (χ1n) is 7.51. The van der Waals surface area contributed by atoms with Crippen molar-refractivity contribution in [2.75, 3.05) is 19.0 Å². The van der Waals surface area contributed by atoms with Gasteiger partial charge in [0.15, 0.2) is 0 Å². The fourth-order valence-corrected chi connectivity index (χ4v) is 2.05. The highest BCUT2D eigenvalue weighted by Gasteiger charge is 2.13. The molecule has 7 heteroatoms. The third kappa shape index (κ3) is 5.42. The molecule has 0 bridgehead atoms. The number of halogens is 1. The molecule has 2 amide bonds. The van der Waals surface area contributed by atoms with Crippen molar-refractivity contribution in [1.82, 2.24) is 5.32 Å². The molecule has 0 heterocycles. The molecule has 2 aromatic rings. The number of rotatable bonds is 5. The lowest BCUT2D eigenvalue weighted by Gasteiger charge is -2.07. The average molecular weight is 344 g/mol. The molecule has 130 valence electrons. The van der Waals surface area contributed by atoms with Crippen molar-refractivity contribution < 1.29 is 23.5 Å². The van der Waals surface area contributed by atoms with Gasteiger partial charge in [0.1, 0.15) is 5.82 Å². The fourth-order valence-electron chi connectivity index (χ4n) is 2.05. The van der Waals surface area contributed by atoms with Crippen LogP contribution in [0.25, 0.3) is 0 Å². The first-order valence-corrected chi connectivity index (χ1v) is 7.51. The van der Waals surface area contributed by atoms with Crippen LogP contribution in [0.2, 0.25) is 0 Å². The number of hydrogen-bond donors (Lipinski definition) is 2. The molecule has 2 rings (SSSR count). The van der Waals surface area contributed by atoms with Crippen LogP contribution in [0.4, 0.5) is 10.1 Å². The summed E-state index contributed by atoms with van der Waals surface area (Å²) >= 11 is 0. The van der Waals surface area contributed by atoms with Crippen molar-refractivity contribution in [2.45, 2.75) is 6.42 Å². The molecule has 0 atom stereocenters. The van der Waals surface area contributed by atoms with Gasteiger partial charge in [-0.2, -0.15) is 0 Å². The summed E-state index contributed by atoms with van der Waals surface area (Å²) in [5.74, 6) is -2.41. The first kappa shape index (κ1) is 18.1. The second-order valence-electron chi connectivity index (χ2n) is 5.16.